The Hall–Kier alpha value is -1.67. The summed E-state index contributed by atoms with van der Waals surface area (Å²) in [6.45, 7) is 0. The van der Waals surface area contributed by atoms with E-state index in [4.69, 9.17) is 11.6 Å². The van der Waals surface area contributed by atoms with Gasteiger partial charge in [0.2, 0.25) is 5.82 Å². The summed E-state index contributed by atoms with van der Waals surface area (Å²) in [6.07, 6.45) is -1.11. The first-order valence-corrected chi connectivity index (χ1v) is 6.47. The molecule has 0 aliphatic rings. The van der Waals surface area contributed by atoms with Crippen LogP contribution in [-0.4, -0.2) is 5.97 Å². The summed E-state index contributed by atoms with van der Waals surface area (Å²) in [5, 5.41) is 0.0360. The Bertz CT molecular complexity index is 687. The number of carbonyl (C=O) groups is 1. The molecule has 2 aromatic rings. The molecule has 0 aliphatic heterocycles. The van der Waals surface area contributed by atoms with E-state index >= 15 is 0 Å². The topological polar surface area (TPSA) is 26.3 Å². The van der Waals surface area contributed by atoms with Crippen molar-refractivity contribution < 1.29 is 31.5 Å². The van der Waals surface area contributed by atoms with Crippen LogP contribution in [0.2, 0.25) is 4.34 Å². The molecule has 0 amide bonds. The third-order valence-electron chi connectivity index (χ3n) is 2.38. The van der Waals surface area contributed by atoms with Crippen LogP contribution in [-0.2, 0) is 11.2 Å². The summed E-state index contributed by atoms with van der Waals surface area (Å²) >= 11 is 6.45. The van der Waals surface area contributed by atoms with E-state index < -0.39 is 47.0 Å². The van der Waals surface area contributed by atoms with Crippen molar-refractivity contribution in [3.05, 3.63) is 51.1 Å². The van der Waals surface area contributed by atoms with Gasteiger partial charge in [0, 0.05) is 5.56 Å². The molecule has 0 spiro atoms. The van der Waals surface area contributed by atoms with Crippen LogP contribution < -0.4 is 4.74 Å². The van der Waals surface area contributed by atoms with Crippen molar-refractivity contribution in [2.24, 2.45) is 0 Å². The van der Waals surface area contributed by atoms with E-state index in [1.165, 1.54) is 12.1 Å². The molecule has 2 rings (SSSR count). The van der Waals surface area contributed by atoms with Crippen LogP contribution >= 0.6 is 22.9 Å². The lowest BCUT2D eigenvalue weighted by Crippen LogP contribution is -2.16. The van der Waals surface area contributed by atoms with E-state index in [1.807, 2.05) is 0 Å². The highest BCUT2D eigenvalue weighted by atomic mass is 35.5. The predicted octanol–water partition coefficient (Wildman–Crippen LogP) is 4.25. The van der Waals surface area contributed by atoms with Crippen LogP contribution in [0.15, 0.2) is 12.1 Å². The van der Waals surface area contributed by atoms with E-state index in [9.17, 15) is 26.7 Å². The molecule has 0 saturated heterocycles. The highest BCUT2D eigenvalue weighted by Crippen LogP contribution is 2.29. The van der Waals surface area contributed by atoms with Gasteiger partial charge in [0.1, 0.15) is 0 Å². The molecule has 0 fully saturated rings. The normalized spacial score (nSPS) is 10.8. The van der Waals surface area contributed by atoms with Gasteiger partial charge in [-0.05, 0) is 12.1 Å². The summed E-state index contributed by atoms with van der Waals surface area (Å²) in [4.78, 5) is 11.5. The minimum absolute atomic E-state index is 0.0360. The Labute approximate surface area is 123 Å². The summed E-state index contributed by atoms with van der Waals surface area (Å²) in [5.74, 6) is -11.8. The molecule has 0 unspecified atom stereocenters. The van der Waals surface area contributed by atoms with Crippen molar-refractivity contribution in [1.29, 1.82) is 0 Å². The van der Waals surface area contributed by atoms with Gasteiger partial charge in [-0.1, -0.05) is 22.9 Å². The molecule has 1 aromatic carbocycles. The first-order chi connectivity index (χ1) is 9.81. The minimum atomic E-state index is -2.29. The highest BCUT2D eigenvalue weighted by Gasteiger charge is 2.27. The number of esters is 1. The van der Waals surface area contributed by atoms with E-state index in [0.717, 1.165) is 11.3 Å². The maximum atomic E-state index is 13.4. The number of halogens is 6. The zero-order valence-corrected chi connectivity index (χ0v) is 11.4. The lowest BCUT2D eigenvalue weighted by molar-refractivity contribution is -0.133. The Morgan fingerprint density at radius 3 is 2.00 bits per heavy atom. The van der Waals surface area contributed by atoms with Crippen molar-refractivity contribution in [3.8, 4) is 5.06 Å². The molecule has 0 aliphatic carbocycles. The SMILES string of the molecule is O=C(Cc1c(F)c(F)c(F)c(F)c1F)Oc1ccc(Cl)s1. The van der Waals surface area contributed by atoms with Gasteiger partial charge in [-0.3, -0.25) is 4.79 Å². The summed E-state index contributed by atoms with van der Waals surface area (Å²) in [7, 11) is 0. The number of ether oxygens (including phenoxy) is 1. The van der Waals surface area contributed by atoms with E-state index in [2.05, 4.69) is 4.74 Å². The van der Waals surface area contributed by atoms with Crippen molar-refractivity contribution in [1.82, 2.24) is 0 Å². The molecule has 0 bridgehead atoms. The zero-order valence-electron chi connectivity index (χ0n) is 9.85. The second kappa shape index (κ2) is 5.98. The monoisotopic (exact) mass is 342 g/mol. The van der Waals surface area contributed by atoms with Gasteiger partial charge in [-0.25, -0.2) is 22.0 Å². The third-order valence-corrected chi connectivity index (χ3v) is 3.49. The number of benzene rings is 1. The molecule has 112 valence electrons. The van der Waals surface area contributed by atoms with Gasteiger partial charge in [0.15, 0.2) is 28.3 Å². The maximum absolute atomic E-state index is 13.4. The number of thiophene rings is 1. The van der Waals surface area contributed by atoms with E-state index in [0.29, 0.717) is 4.34 Å². The smallest absolute Gasteiger partial charge is 0.316 e. The number of rotatable bonds is 3. The van der Waals surface area contributed by atoms with E-state index in [-0.39, 0.29) is 5.06 Å². The Balaban J connectivity index is 2.25. The van der Waals surface area contributed by atoms with Crippen LogP contribution in [0.1, 0.15) is 5.56 Å². The van der Waals surface area contributed by atoms with Gasteiger partial charge in [0.05, 0.1) is 10.8 Å². The second-order valence-electron chi connectivity index (χ2n) is 3.76. The Morgan fingerprint density at radius 1 is 1.00 bits per heavy atom. The zero-order chi connectivity index (χ0) is 15.7. The molecular formula is C12H4ClF5O2S. The first kappa shape index (κ1) is 15.7. The molecule has 0 atom stereocenters. The molecular weight excluding hydrogens is 339 g/mol. The number of hydrogen-bond donors (Lipinski definition) is 0. The Morgan fingerprint density at radius 2 is 1.52 bits per heavy atom. The summed E-state index contributed by atoms with van der Waals surface area (Å²) in [5.41, 5.74) is -1.25. The maximum Gasteiger partial charge on any atom is 0.316 e. The second-order valence-corrected chi connectivity index (χ2v) is 5.44. The average molecular weight is 343 g/mol. The lowest BCUT2D eigenvalue weighted by atomic mass is 10.1. The van der Waals surface area contributed by atoms with Crippen LogP contribution in [0.25, 0.3) is 0 Å². The number of carbonyl (C=O) groups excluding carboxylic acids is 1. The van der Waals surface area contributed by atoms with Gasteiger partial charge < -0.3 is 4.74 Å². The predicted molar refractivity (Wildman–Crippen MR) is 64.9 cm³/mol. The van der Waals surface area contributed by atoms with Crippen LogP contribution in [0.4, 0.5) is 22.0 Å². The van der Waals surface area contributed by atoms with Crippen molar-refractivity contribution in [2.45, 2.75) is 6.42 Å². The van der Waals surface area contributed by atoms with Crippen molar-refractivity contribution in [2.75, 3.05) is 0 Å². The molecule has 0 saturated carbocycles. The lowest BCUT2D eigenvalue weighted by Gasteiger charge is -2.07. The Kier molecular flexibility index (Phi) is 4.48. The van der Waals surface area contributed by atoms with Crippen LogP contribution in [0.3, 0.4) is 0 Å². The molecule has 9 heteroatoms. The number of hydrogen-bond acceptors (Lipinski definition) is 3. The van der Waals surface area contributed by atoms with Crippen LogP contribution in [0, 0.1) is 29.1 Å². The van der Waals surface area contributed by atoms with Crippen molar-refractivity contribution >= 4 is 28.9 Å². The summed E-state index contributed by atoms with van der Waals surface area (Å²) < 4.78 is 70.4. The molecule has 2 nitrogen and oxygen atoms in total. The first-order valence-electron chi connectivity index (χ1n) is 5.27. The van der Waals surface area contributed by atoms with Gasteiger partial charge in [0.25, 0.3) is 0 Å². The standard InChI is InChI=1S/C12H4ClF5O2S/c13-5-1-2-7(21-5)20-6(19)3-4-8(14)10(16)12(18)11(17)9(4)15/h1-2H,3H2. The fraction of sp³-hybridized carbons (Fsp3) is 0.0833. The molecule has 1 heterocycles. The molecule has 0 N–H and O–H groups in total. The molecule has 21 heavy (non-hydrogen) atoms. The minimum Gasteiger partial charge on any atom is -0.415 e. The molecule has 0 radical (unpaired) electrons. The quantitative estimate of drug-likeness (QED) is 0.361. The average Bonchev–Trinajstić information content (AvgIpc) is 2.84. The largest absolute Gasteiger partial charge is 0.415 e. The fourth-order valence-electron chi connectivity index (χ4n) is 1.45. The summed E-state index contributed by atoms with van der Waals surface area (Å²) in [6, 6.07) is 2.73. The molecule has 1 aromatic heterocycles. The van der Waals surface area contributed by atoms with Crippen LogP contribution in [0.5, 0.6) is 5.06 Å². The van der Waals surface area contributed by atoms with Gasteiger partial charge in [-0.2, -0.15) is 0 Å². The van der Waals surface area contributed by atoms with Gasteiger partial charge in [-0.15, -0.1) is 0 Å². The van der Waals surface area contributed by atoms with Crippen molar-refractivity contribution in [3.63, 3.8) is 0 Å². The van der Waals surface area contributed by atoms with Gasteiger partial charge >= 0.3 is 5.97 Å². The third kappa shape index (κ3) is 3.16. The highest BCUT2D eigenvalue weighted by molar-refractivity contribution is 7.17. The van der Waals surface area contributed by atoms with E-state index in [1.54, 1.807) is 0 Å². The fourth-order valence-corrected chi connectivity index (χ4v) is 2.34.